The minimum atomic E-state index is 0.984. The van der Waals surface area contributed by atoms with Gasteiger partial charge in [0, 0.05) is 13.2 Å². The van der Waals surface area contributed by atoms with Crippen molar-refractivity contribution in [2.45, 2.75) is 130 Å². The fourth-order valence-electron chi connectivity index (χ4n) is 2.57. The van der Waals surface area contributed by atoms with Crippen LogP contribution in [0.4, 0.5) is 0 Å². The molecule has 1 heteroatoms. The molecule has 0 heterocycles. The molecule has 0 amide bonds. The standard InChI is InChI=1S/C14H30O.C8H18/c1-3-5-7-9-11-13-15-14-12-10-8-6-4-2;1-3-5-7-8-6-4-2/h3-14H2,1-2H3;3-8H2,1-2H3. The average molecular weight is 329 g/mol. The minimum absolute atomic E-state index is 0.984. The van der Waals surface area contributed by atoms with Gasteiger partial charge in [-0.15, -0.1) is 0 Å². The van der Waals surface area contributed by atoms with Crippen LogP contribution in [0.15, 0.2) is 0 Å². The lowest BCUT2D eigenvalue weighted by molar-refractivity contribution is 0.125. The molecule has 0 rings (SSSR count). The molecule has 0 spiro atoms. The van der Waals surface area contributed by atoms with Gasteiger partial charge in [0.1, 0.15) is 0 Å². The third-order valence-corrected chi connectivity index (χ3v) is 4.24. The van der Waals surface area contributed by atoms with Crippen LogP contribution in [0.1, 0.15) is 130 Å². The molecular formula is C22H48O. The fraction of sp³-hybridized carbons (Fsp3) is 1.00. The highest BCUT2D eigenvalue weighted by atomic mass is 16.5. The van der Waals surface area contributed by atoms with Gasteiger partial charge in [0.25, 0.3) is 0 Å². The Bertz CT molecular complexity index is 149. The van der Waals surface area contributed by atoms with E-state index in [1.54, 1.807) is 0 Å². The summed E-state index contributed by atoms with van der Waals surface area (Å²) < 4.78 is 5.59. The van der Waals surface area contributed by atoms with E-state index in [1.165, 1.54) is 103 Å². The average Bonchev–Trinajstić information content (AvgIpc) is 2.57. The van der Waals surface area contributed by atoms with E-state index in [9.17, 15) is 0 Å². The van der Waals surface area contributed by atoms with Crippen molar-refractivity contribution in [3.05, 3.63) is 0 Å². The zero-order chi connectivity index (χ0) is 17.4. The fourth-order valence-corrected chi connectivity index (χ4v) is 2.57. The Morgan fingerprint density at radius 3 is 0.870 bits per heavy atom. The van der Waals surface area contributed by atoms with Crippen LogP contribution < -0.4 is 0 Å². The summed E-state index contributed by atoms with van der Waals surface area (Å²) in [4.78, 5) is 0. The van der Waals surface area contributed by atoms with Crippen LogP contribution in [0, 0.1) is 0 Å². The first-order valence-corrected chi connectivity index (χ1v) is 10.9. The molecular weight excluding hydrogens is 280 g/mol. The van der Waals surface area contributed by atoms with Crippen molar-refractivity contribution in [3.63, 3.8) is 0 Å². The Morgan fingerprint density at radius 1 is 0.348 bits per heavy atom. The first-order chi connectivity index (χ1) is 11.3. The van der Waals surface area contributed by atoms with Crippen LogP contribution in [-0.4, -0.2) is 13.2 Å². The molecule has 0 aliphatic rings. The molecule has 0 aromatic carbocycles. The van der Waals surface area contributed by atoms with Crippen molar-refractivity contribution in [1.29, 1.82) is 0 Å². The molecule has 0 fully saturated rings. The van der Waals surface area contributed by atoms with Gasteiger partial charge in [-0.1, -0.05) is 118 Å². The van der Waals surface area contributed by atoms with Crippen LogP contribution in [0.2, 0.25) is 0 Å². The van der Waals surface area contributed by atoms with Gasteiger partial charge in [-0.25, -0.2) is 0 Å². The summed E-state index contributed by atoms with van der Waals surface area (Å²) in [6.45, 7) is 11.0. The Balaban J connectivity index is 0. The third kappa shape index (κ3) is 30.4. The molecule has 0 N–H and O–H groups in total. The van der Waals surface area contributed by atoms with Crippen molar-refractivity contribution >= 4 is 0 Å². The number of unbranched alkanes of at least 4 members (excludes halogenated alkanes) is 13. The van der Waals surface area contributed by atoms with Gasteiger partial charge in [-0.2, -0.15) is 0 Å². The highest BCUT2D eigenvalue weighted by Crippen LogP contribution is 2.05. The van der Waals surface area contributed by atoms with E-state index in [0.29, 0.717) is 0 Å². The zero-order valence-electron chi connectivity index (χ0n) is 17.1. The predicted octanol–water partition coefficient (Wildman–Crippen LogP) is 8.31. The summed E-state index contributed by atoms with van der Waals surface area (Å²) in [6.07, 6.45) is 21.9. The maximum absolute atomic E-state index is 5.59. The van der Waals surface area contributed by atoms with E-state index in [0.717, 1.165) is 13.2 Å². The number of hydrogen-bond acceptors (Lipinski definition) is 1. The minimum Gasteiger partial charge on any atom is -0.381 e. The van der Waals surface area contributed by atoms with Gasteiger partial charge >= 0.3 is 0 Å². The third-order valence-electron chi connectivity index (χ3n) is 4.24. The van der Waals surface area contributed by atoms with Crippen molar-refractivity contribution < 1.29 is 4.74 Å². The van der Waals surface area contributed by atoms with Crippen molar-refractivity contribution in [2.75, 3.05) is 13.2 Å². The molecule has 0 saturated heterocycles. The van der Waals surface area contributed by atoms with E-state index < -0.39 is 0 Å². The second kappa shape index (κ2) is 26.8. The molecule has 23 heavy (non-hydrogen) atoms. The smallest absolute Gasteiger partial charge is 0.0466 e. The van der Waals surface area contributed by atoms with E-state index in [-0.39, 0.29) is 0 Å². The van der Waals surface area contributed by atoms with Gasteiger partial charge in [0.15, 0.2) is 0 Å². The maximum Gasteiger partial charge on any atom is 0.0466 e. The lowest BCUT2D eigenvalue weighted by Crippen LogP contribution is -1.97. The zero-order valence-corrected chi connectivity index (χ0v) is 17.1. The van der Waals surface area contributed by atoms with Crippen molar-refractivity contribution in [2.24, 2.45) is 0 Å². The molecule has 0 bridgehead atoms. The van der Waals surface area contributed by atoms with Crippen LogP contribution in [0.5, 0.6) is 0 Å². The van der Waals surface area contributed by atoms with Gasteiger partial charge in [0.05, 0.1) is 0 Å². The van der Waals surface area contributed by atoms with E-state index in [4.69, 9.17) is 4.74 Å². The monoisotopic (exact) mass is 328 g/mol. The van der Waals surface area contributed by atoms with Crippen LogP contribution >= 0.6 is 0 Å². The number of hydrogen-bond donors (Lipinski definition) is 0. The summed E-state index contributed by atoms with van der Waals surface area (Å²) >= 11 is 0. The Kier molecular flexibility index (Phi) is 29.4. The van der Waals surface area contributed by atoms with Crippen LogP contribution in [0.25, 0.3) is 0 Å². The first kappa shape index (κ1) is 25.2. The summed E-state index contributed by atoms with van der Waals surface area (Å²) in [5.41, 5.74) is 0. The number of rotatable bonds is 17. The lowest BCUT2D eigenvalue weighted by atomic mass is 10.1. The van der Waals surface area contributed by atoms with E-state index in [1.807, 2.05) is 0 Å². The van der Waals surface area contributed by atoms with Gasteiger partial charge in [-0.3, -0.25) is 0 Å². The van der Waals surface area contributed by atoms with Crippen molar-refractivity contribution in [1.82, 2.24) is 0 Å². The molecule has 0 aromatic rings. The second-order valence-electron chi connectivity index (χ2n) is 6.86. The van der Waals surface area contributed by atoms with Crippen LogP contribution in [-0.2, 0) is 4.74 Å². The Labute approximate surface area is 149 Å². The molecule has 0 aliphatic carbocycles. The van der Waals surface area contributed by atoms with E-state index in [2.05, 4.69) is 27.7 Å². The molecule has 0 unspecified atom stereocenters. The Morgan fingerprint density at radius 2 is 0.609 bits per heavy atom. The first-order valence-electron chi connectivity index (χ1n) is 10.9. The molecule has 0 aliphatic heterocycles. The van der Waals surface area contributed by atoms with E-state index >= 15 is 0 Å². The summed E-state index contributed by atoms with van der Waals surface area (Å²) in [5.74, 6) is 0. The van der Waals surface area contributed by atoms with Gasteiger partial charge < -0.3 is 4.74 Å². The molecule has 0 atom stereocenters. The number of ether oxygens (including phenoxy) is 1. The summed E-state index contributed by atoms with van der Waals surface area (Å²) in [5, 5.41) is 0. The maximum atomic E-state index is 5.59. The van der Waals surface area contributed by atoms with Gasteiger partial charge in [-0.05, 0) is 12.8 Å². The highest BCUT2D eigenvalue weighted by Gasteiger charge is 1.91. The SMILES string of the molecule is CCCCCCCC.CCCCCCCOCCCCCCC. The highest BCUT2D eigenvalue weighted by molar-refractivity contribution is 4.44. The molecule has 0 radical (unpaired) electrons. The second-order valence-corrected chi connectivity index (χ2v) is 6.86. The molecule has 0 aromatic heterocycles. The molecule has 142 valence electrons. The van der Waals surface area contributed by atoms with Crippen molar-refractivity contribution in [3.8, 4) is 0 Å². The van der Waals surface area contributed by atoms with Crippen LogP contribution in [0.3, 0.4) is 0 Å². The quantitative estimate of drug-likeness (QED) is 0.244. The summed E-state index contributed by atoms with van der Waals surface area (Å²) in [7, 11) is 0. The Hall–Kier alpha value is -0.0400. The van der Waals surface area contributed by atoms with Gasteiger partial charge in [0.2, 0.25) is 0 Å². The largest absolute Gasteiger partial charge is 0.381 e. The summed E-state index contributed by atoms with van der Waals surface area (Å²) in [6, 6.07) is 0. The lowest BCUT2D eigenvalue weighted by Gasteiger charge is -2.03. The normalized spacial score (nSPS) is 10.4. The topological polar surface area (TPSA) is 9.23 Å². The molecule has 1 nitrogen and oxygen atoms in total. The predicted molar refractivity (Wildman–Crippen MR) is 107 cm³/mol. The molecule has 0 saturated carbocycles.